The molecule has 1 heterocycles. The second-order valence-electron chi connectivity index (χ2n) is 14.3. The second-order valence-corrected chi connectivity index (χ2v) is 14.3. The van der Waals surface area contributed by atoms with Gasteiger partial charge in [0.05, 0.1) is 18.8 Å². The standard InChI is InChI=1S/C45H51N3O6/c1-31(38-24-21-34-10-6-7-11-40(34)26-38)48(2)29-41-27-42(36-17-15-32(30-49)16-18-36)54-45(53-41)37-22-19-35(20-23-37)39-12-8-9-33(25-39)28-46-43(50)13-4-3-5-14-44(51)47-52/h6-12,15-26,31,41-42,45,49,52H,3-5,13-14,27-30H2,1-2H3,(H,46,50)(H,47,51)/t31-,41-,42+,45+/m1/s1. The van der Waals surface area contributed by atoms with Gasteiger partial charge in [-0.25, -0.2) is 5.48 Å². The second kappa shape index (κ2) is 18.9. The summed E-state index contributed by atoms with van der Waals surface area (Å²) in [6.45, 7) is 3.39. The lowest BCUT2D eigenvalue weighted by molar-refractivity contribution is -0.253. The summed E-state index contributed by atoms with van der Waals surface area (Å²) in [6, 6.07) is 39.7. The van der Waals surface area contributed by atoms with Gasteiger partial charge in [0.1, 0.15) is 0 Å². The number of hydroxylamine groups is 1. The van der Waals surface area contributed by atoms with E-state index in [1.165, 1.54) is 16.3 Å². The number of carbonyl (C=O) groups is 2. The average molecular weight is 730 g/mol. The van der Waals surface area contributed by atoms with Crippen LogP contribution in [0, 0.1) is 0 Å². The number of aliphatic hydroxyl groups excluding tert-OH is 1. The first-order chi connectivity index (χ1) is 26.3. The van der Waals surface area contributed by atoms with Gasteiger partial charge < -0.3 is 19.9 Å². The number of aliphatic hydroxyl groups is 1. The summed E-state index contributed by atoms with van der Waals surface area (Å²) < 4.78 is 13.3. The maximum atomic E-state index is 12.4. The molecule has 0 bridgehead atoms. The van der Waals surface area contributed by atoms with Crippen molar-refractivity contribution in [2.75, 3.05) is 13.6 Å². The number of hydrogen-bond acceptors (Lipinski definition) is 7. The molecule has 0 aliphatic carbocycles. The highest BCUT2D eigenvalue weighted by Crippen LogP contribution is 2.39. The summed E-state index contributed by atoms with van der Waals surface area (Å²) in [6.07, 6.45) is 2.58. The first kappa shape index (κ1) is 38.8. The minimum atomic E-state index is -0.557. The minimum absolute atomic E-state index is 0.00196. The van der Waals surface area contributed by atoms with Crippen LogP contribution in [-0.4, -0.2) is 46.7 Å². The number of benzene rings is 5. The lowest BCUT2D eigenvalue weighted by Gasteiger charge is -2.39. The van der Waals surface area contributed by atoms with E-state index < -0.39 is 12.2 Å². The molecule has 2 amide bonds. The molecule has 282 valence electrons. The first-order valence-corrected chi connectivity index (χ1v) is 18.9. The highest BCUT2D eigenvalue weighted by molar-refractivity contribution is 5.83. The van der Waals surface area contributed by atoms with E-state index in [2.05, 4.69) is 103 Å². The molecule has 1 saturated heterocycles. The maximum absolute atomic E-state index is 12.4. The van der Waals surface area contributed by atoms with Crippen LogP contribution in [0.5, 0.6) is 0 Å². The summed E-state index contributed by atoms with van der Waals surface area (Å²) in [4.78, 5) is 25.9. The van der Waals surface area contributed by atoms with Gasteiger partial charge in [-0.1, -0.05) is 110 Å². The van der Waals surface area contributed by atoms with Crippen LogP contribution in [0.25, 0.3) is 21.9 Å². The predicted molar refractivity (Wildman–Crippen MR) is 210 cm³/mol. The fourth-order valence-corrected chi connectivity index (χ4v) is 7.02. The SMILES string of the molecule is C[C@H](c1ccc2ccccc2c1)N(C)C[C@H]1C[C@@H](c2ccc(CO)cc2)O[C@@H](c2ccc(-c3cccc(CNC(=O)CCCCCC(=O)NO)c3)cc2)O1. The van der Waals surface area contributed by atoms with Gasteiger partial charge in [0.2, 0.25) is 11.8 Å². The summed E-state index contributed by atoms with van der Waals surface area (Å²) in [5, 5.41) is 23.7. The molecule has 6 rings (SSSR count). The van der Waals surface area contributed by atoms with Crippen LogP contribution in [-0.2, 0) is 32.2 Å². The Morgan fingerprint density at radius 3 is 2.22 bits per heavy atom. The monoisotopic (exact) mass is 729 g/mol. The molecule has 0 unspecified atom stereocenters. The van der Waals surface area contributed by atoms with Crippen molar-refractivity contribution in [2.24, 2.45) is 0 Å². The molecule has 4 atom stereocenters. The molecule has 0 aromatic heterocycles. The zero-order valence-corrected chi connectivity index (χ0v) is 31.1. The molecule has 0 saturated carbocycles. The molecule has 9 heteroatoms. The number of rotatable bonds is 16. The van der Waals surface area contributed by atoms with E-state index in [1.807, 2.05) is 36.4 Å². The lowest BCUT2D eigenvalue weighted by Crippen LogP contribution is -2.38. The van der Waals surface area contributed by atoms with Crippen LogP contribution in [0.1, 0.15) is 91.7 Å². The number of likely N-dealkylation sites (N-methyl/N-ethyl adjacent to an activating group) is 1. The zero-order valence-electron chi connectivity index (χ0n) is 31.1. The number of amides is 2. The van der Waals surface area contributed by atoms with Gasteiger partial charge in [0.15, 0.2) is 6.29 Å². The minimum Gasteiger partial charge on any atom is -0.392 e. The molecular formula is C45H51N3O6. The zero-order chi connectivity index (χ0) is 37.9. The third-order valence-corrected chi connectivity index (χ3v) is 10.4. The van der Waals surface area contributed by atoms with Crippen molar-refractivity contribution in [2.45, 2.75) is 83.1 Å². The Bertz CT molecular complexity index is 1980. The van der Waals surface area contributed by atoms with E-state index in [4.69, 9.17) is 14.7 Å². The van der Waals surface area contributed by atoms with E-state index in [0.717, 1.165) is 46.3 Å². The fraction of sp³-hybridized carbons (Fsp3) is 0.333. The van der Waals surface area contributed by atoms with Crippen LogP contribution in [0.4, 0.5) is 0 Å². The van der Waals surface area contributed by atoms with Gasteiger partial charge in [-0.2, -0.15) is 0 Å². The average Bonchev–Trinajstić information content (AvgIpc) is 3.22. The van der Waals surface area contributed by atoms with Crippen molar-refractivity contribution in [3.8, 4) is 11.1 Å². The number of hydrogen-bond donors (Lipinski definition) is 4. The van der Waals surface area contributed by atoms with Crippen LogP contribution in [0.15, 0.2) is 115 Å². The molecule has 9 nitrogen and oxygen atoms in total. The number of fused-ring (bicyclic) bond motifs is 1. The number of nitrogens with zero attached hydrogens (tertiary/aromatic N) is 1. The fourth-order valence-electron chi connectivity index (χ4n) is 7.02. The Hall–Kier alpha value is -4.90. The number of ether oxygens (including phenoxy) is 2. The summed E-state index contributed by atoms with van der Waals surface area (Å²) >= 11 is 0. The quantitative estimate of drug-likeness (QED) is 0.0458. The highest BCUT2D eigenvalue weighted by atomic mass is 16.7. The lowest BCUT2D eigenvalue weighted by atomic mass is 9.98. The smallest absolute Gasteiger partial charge is 0.243 e. The van der Waals surface area contributed by atoms with Gasteiger partial charge in [0.25, 0.3) is 0 Å². The summed E-state index contributed by atoms with van der Waals surface area (Å²) in [5.41, 5.74) is 8.85. The molecule has 4 N–H and O–H groups in total. The van der Waals surface area contributed by atoms with Gasteiger partial charge in [0, 0.05) is 44.0 Å². The number of unbranched alkanes of at least 4 members (excludes halogenated alkanes) is 2. The molecule has 0 spiro atoms. The molecule has 1 aliphatic rings. The summed E-state index contributed by atoms with van der Waals surface area (Å²) in [7, 11) is 2.15. The molecule has 1 aliphatic heterocycles. The number of nitrogens with one attached hydrogen (secondary N) is 2. The van der Waals surface area contributed by atoms with E-state index in [0.29, 0.717) is 32.2 Å². The molecule has 5 aromatic rings. The van der Waals surface area contributed by atoms with Crippen LogP contribution >= 0.6 is 0 Å². The summed E-state index contributed by atoms with van der Waals surface area (Å²) in [5.74, 6) is -0.436. The van der Waals surface area contributed by atoms with Crippen molar-refractivity contribution < 1.29 is 29.4 Å². The van der Waals surface area contributed by atoms with Gasteiger partial charge in [-0.05, 0) is 83.1 Å². The topological polar surface area (TPSA) is 120 Å². The molecule has 0 radical (unpaired) electrons. The number of carbonyl (C=O) groups excluding carboxylic acids is 2. The Kier molecular flexibility index (Phi) is 13.6. The Morgan fingerprint density at radius 2 is 1.48 bits per heavy atom. The first-order valence-electron chi connectivity index (χ1n) is 18.9. The van der Waals surface area contributed by atoms with Gasteiger partial charge in [-0.15, -0.1) is 0 Å². The van der Waals surface area contributed by atoms with Gasteiger partial charge >= 0.3 is 0 Å². The third-order valence-electron chi connectivity index (χ3n) is 10.4. The van der Waals surface area contributed by atoms with E-state index in [-0.39, 0.29) is 37.2 Å². The molecule has 5 aromatic carbocycles. The van der Waals surface area contributed by atoms with Crippen molar-refractivity contribution in [1.82, 2.24) is 15.7 Å². The van der Waals surface area contributed by atoms with E-state index in [1.54, 1.807) is 5.48 Å². The normalized spacial score (nSPS) is 17.7. The Balaban J connectivity index is 1.10. The highest BCUT2D eigenvalue weighted by Gasteiger charge is 2.33. The molecule has 1 fully saturated rings. The van der Waals surface area contributed by atoms with Crippen molar-refractivity contribution in [3.05, 3.63) is 143 Å². The van der Waals surface area contributed by atoms with Crippen molar-refractivity contribution >= 4 is 22.6 Å². The van der Waals surface area contributed by atoms with E-state index in [9.17, 15) is 14.7 Å². The predicted octanol–water partition coefficient (Wildman–Crippen LogP) is 8.31. The van der Waals surface area contributed by atoms with Crippen molar-refractivity contribution in [1.29, 1.82) is 0 Å². The maximum Gasteiger partial charge on any atom is 0.243 e. The molecule has 54 heavy (non-hydrogen) atoms. The molecular weight excluding hydrogens is 679 g/mol. The van der Waals surface area contributed by atoms with Gasteiger partial charge in [-0.3, -0.25) is 19.7 Å². The van der Waals surface area contributed by atoms with E-state index >= 15 is 0 Å². The van der Waals surface area contributed by atoms with Crippen LogP contribution < -0.4 is 10.8 Å². The van der Waals surface area contributed by atoms with Crippen LogP contribution in [0.2, 0.25) is 0 Å². The van der Waals surface area contributed by atoms with Crippen molar-refractivity contribution in [3.63, 3.8) is 0 Å². The van der Waals surface area contributed by atoms with Crippen LogP contribution in [0.3, 0.4) is 0 Å². The Labute approximate surface area is 317 Å². The third kappa shape index (κ3) is 10.4. The largest absolute Gasteiger partial charge is 0.392 e. The Morgan fingerprint density at radius 1 is 0.759 bits per heavy atom.